The normalized spacial score (nSPS) is 10.4. The lowest BCUT2D eigenvalue weighted by Crippen LogP contribution is -2.31. The molecule has 0 spiro atoms. The van der Waals surface area contributed by atoms with Crippen LogP contribution >= 0.6 is 23.2 Å². The zero-order valence-corrected chi connectivity index (χ0v) is 15.7. The fourth-order valence-electron chi connectivity index (χ4n) is 2.36. The maximum Gasteiger partial charge on any atom is 0.226 e. The SMILES string of the molecule is CC(=O)N(CCC(=O)Nc1cc(Cl)ccc1C)Cc1ccccc1Cl. The lowest BCUT2D eigenvalue weighted by Gasteiger charge is -2.21. The van der Waals surface area contributed by atoms with Crippen LogP contribution < -0.4 is 5.32 Å². The third-order valence-corrected chi connectivity index (χ3v) is 4.45. The van der Waals surface area contributed by atoms with Gasteiger partial charge in [0.2, 0.25) is 11.8 Å². The lowest BCUT2D eigenvalue weighted by atomic mass is 10.2. The number of nitrogens with one attached hydrogen (secondary N) is 1. The molecule has 1 N–H and O–H groups in total. The molecule has 0 unspecified atom stereocenters. The summed E-state index contributed by atoms with van der Waals surface area (Å²) in [5, 5.41) is 4.00. The van der Waals surface area contributed by atoms with Crippen LogP contribution in [0.25, 0.3) is 0 Å². The van der Waals surface area contributed by atoms with E-state index in [9.17, 15) is 9.59 Å². The molecule has 0 aliphatic carbocycles. The Morgan fingerprint density at radius 3 is 2.52 bits per heavy atom. The van der Waals surface area contributed by atoms with Crippen LogP contribution in [0.1, 0.15) is 24.5 Å². The second-order valence-corrected chi connectivity index (χ2v) is 6.63. The molecular weight excluding hydrogens is 359 g/mol. The number of nitrogens with zero attached hydrogens (tertiary/aromatic N) is 1. The Labute approximate surface area is 157 Å². The first-order valence-corrected chi connectivity index (χ1v) is 8.67. The number of carbonyl (C=O) groups is 2. The Hall–Kier alpha value is -2.04. The van der Waals surface area contributed by atoms with E-state index >= 15 is 0 Å². The summed E-state index contributed by atoms with van der Waals surface area (Å²) in [5.41, 5.74) is 2.46. The van der Waals surface area contributed by atoms with Gasteiger partial charge in [-0.2, -0.15) is 0 Å². The number of hydrogen-bond acceptors (Lipinski definition) is 2. The van der Waals surface area contributed by atoms with Crippen LogP contribution in [-0.4, -0.2) is 23.3 Å². The van der Waals surface area contributed by atoms with Gasteiger partial charge in [0.15, 0.2) is 0 Å². The predicted molar refractivity (Wildman–Crippen MR) is 102 cm³/mol. The second kappa shape index (κ2) is 8.88. The maximum atomic E-state index is 12.2. The molecule has 0 aliphatic rings. The van der Waals surface area contributed by atoms with Gasteiger partial charge < -0.3 is 10.2 Å². The van der Waals surface area contributed by atoms with Gasteiger partial charge in [-0.15, -0.1) is 0 Å². The maximum absolute atomic E-state index is 12.2. The van der Waals surface area contributed by atoms with Crippen molar-refractivity contribution in [3.8, 4) is 0 Å². The van der Waals surface area contributed by atoms with Crippen molar-refractivity contribution in [2.75, 3.05) is 11.9 Å². The third kappa shape index (κ3) is 5.76. The van der Waals surface area contributed by atoms with Gasteiger partial charge in [0, 0.05) is 42.2 Å². The summed E-state index contributed by atoms with van der Waals surface area (Å²) in [6.07, 6.45) is 0.190. The van der Waals surface area contributed by atoms with E-state index in [-0.39, 0.29) is 18.2 Å². The molecule has 2 rings (SSSR count). The highest BCUT2D eigenvalue weighted by Gasteiger charge is 2.14. The molecule has 0 heterocycles. The van der Waals surface area contributed by atoms with Crippen molar-refractivity contribution in [1.29, 1.82) is 0 Å². The van der Waals surface area contributed by atoms with E-state index < -0.39 is 0 Å². The molecule has 0 aromatic heterocycles. The number of amides is 2. The van der Waals surface area contributed by atoms with Crippen LogP contribution in [0.3, 0.4) is 0 Å². The minimum atomic E-state index is -0.171. The van der Waals surface area contributed by atoms with Crippen molar-refractivity contribution >= 4 is 40.7 Å². The summed E-state index contributed by atoms with van der Waals surface area (Å²) in [5.74, 6) is -0.276. The van der Waals surface area contributed by atoms with E-state index in [0.717, 1.165) is 11.1 Å². The summed E-state index contributed by atoms with van der Waals surface area (Å²) in [6.45, 7) is 4.06. The Kier molecular flexibility index (Phi) is 6.85. The average Bonchev–Trinajstić information content (AvgIpc) is 2.56. The minimum absolute atomic E-state index is 0.105. The van der Waals surface area contributed by atoms with Gasteiger partial charge in [-0.3, -0.25) is 9.59 Å². The Morgan fingerprint density at radius 2 is 1.84 bits per heavy atom. The first-order chi connectivity index (χ1) is 11.9. The number of rotatable bonds is 6. The minimum Gasteiger partial charge on any atom is -0.338 e. The van der Waals surface area contributed by atoms with E-state index in [1.807, 2.05) is 31.2 Å². The molecule has 0 bridgehead atoms. The predicted octanol–water partition coefficient (Wildman–Crippen LogP) is 4.68. The molecule has 6 heteroatoms. The number of benzene rings is 2. The van der Waals surface area contributed by atoms with Gasteiger partial charge in [-0.25, -0.2) is 0 Å². The van der Waals surface area contributed by atoms with E-state index in [2.05, 4.69) is 5.32 Å². The van der Waals surface area contributed by atoms with Gasteiger partial charge in [0.1, 0.15) is 0 Å². The van der Waals surface area contributed by atoms with Crippen molar-refractivity contribution in [1.82, 2.24) is 4.90 Å². The number of halogens is 2. The molecule has 0 fully saturated rings. The van der Waals surface area contributed by atoms with Gasteiger partial charge >= 0.3 is 0 Å². The van der Waals surface area contributed by atoms with Crippen molar-refractivity contribution in [2.45, 2.75) is 26.8 Å². The molecule has 4 nitrogen and oxygen atoms in total. The van der Waals surface area contributed by atoms with E-state index in [1.54, 1.807) is 23.1 Å². The van der Waals surface area contributed by atoms with Gasteiger partial charge in [-0.05, 0) is 36.2 Å². The molecule has 0 aliphatic heterocycles. The highest BCUT2D eigenvalue weighted by molar-refractivity contribution is 6.31. The molecule has 2 aromatic rings. The third-order valence-electron chi connectivity index (χ3n) is 3.85. The van der Waals surface area contributed by atoms with Crippen LogP contribution in [-0.2, 0) is 16.1 Å². The summed E-state index contributed by atoms with van der Waals surface area (Å²) in [6, 6.07) is 12.7. The molecule has 0 radical (unpaired) electrons. The van der Waals surface area contributed by atoms with Crippen LogP contribution in [0.5, 0.6) is 0 Å². The average molecular weight is 379 g/mol. The molecule has 132 valence electrons. The molecule has 0 saturated heterocycles. The smallest absolute Gasteiger partial charge is 0.226 e. The number of anilines is 1. The molecular formula is C19H20Cl2N2O2. The standard InChI is InChI=1S/C19H20Cl2N2O2/c1-13-7-8-16(20)11-18(13)22-19(25)9-10-23(14(2)24)12-15-5-3-4-6-17(15)21/h3-8,11H,9-10,12H2,1-2H3,(H,22,25). The van der Waals surface area contributed by atoms with Crippen LogP contribution in [0.15, 0.2) is 42.5 Å². The molecule has 2 aromatic carbocycles. The van der Waals surface area contributed by atoms with Crippen LogP contribution in [0.2, 0.25) is 10.0 Å². The summed E-state index contributed by atoms with van der Waals surface area (Å²) < 4.78 is 0. The summed E-state index contributed by atoms with van der Waals surface area (Å²) in [7, 11) is 0. The molecule has 0 saturated carbocycles. The van der Waals surface area contributed by atoms with Crippen molar-refractivity contribution in [2.24, 2.45) is 0 Å². The van der Waals surface area contributed by atoms with Gasteiger partial charge in [0.25, 0.3) is 0 Å². The van der Waals surface area contributed by atoms with Gasteiger partial charge in [-0.1, -0.05) is 47.5 Å². The van der Waals surface area contributed by atoms with E-state index in [0.29, 0.717) is 28.8 Å². The first-order valence-electron chi connectivity index (χ1n) is 7.91. The van der Waals surface area contributed by atoms with Crippen molar-refractivity contribution < 1.29 is 9.59 Å². The number of aryl methyl sites for hydroxylation is 1. The molecule has 2 amide bonds. The van der Waals surface area contributed by atoms with E-state index in [4.69, 9.17) is 23.2 Å². The quantitative estimate of drug-likeness (QED) is 0.792. The van der Waals surface area contributed by atoms with E-state index in [1.165, 1.54) is 6.92 Å². The van der Waals surface area contributed by atoms with Gasteiger partial charge in [0.05, 0.1) is 0 Å². The Bertz CT molecular complexity index is 778. The Morgan fingerprint density at radius 1 is 1.12 bits per heavy atom. The van der Waals surface area contributed by atoms with Crippen molar-refractivity contribution in [3.05, 3.63) is 63.6 Å². The zero-order valence-electron chi connectivity index (χ0n) is 14.2. The molecule has 0 atom stereocenters. The molecule has 25 heavy (non-hydrogen) atoms. The monoisotopic (exact) mass is 378 g/mol. The zero-order chi connectivity index (χ0) is 18.4. The highest BCUT2D eigenvalue weighted by Crippen LogP contribution is 2.21. The second-order valence-electron chi connectivity index (χ2n) is 5.79. The fraction of sp³-hybridized carbons (Fsp3) is 0.263. The summed E-state index contributed by atoms with van der Waals surface area (Å²) in [4.78, 5) is 25.7. The highest BCUT2D eigenvalue weighted by atomic mass is 35.5. The first kappa shape index (κ1) is 19.3. The topological polar surface area (TPSA) is 49.4 Å². The van der Waals surface area contributed by atoms with Crippen molar-refractivity contribution in [3.63, 3.8) is 0 Å². The van der Waals surface area contributed by atoms with Crippen LogP contribution in [0, 0.1) is 6.92 Å². The number of hydrogen-bond donors (Lipinski definition) is 1. The van der Waals surface area contributed by atoms with Crippen LogP contribution in [0.4, 0.5) is 5.69 Å². The fourth-order valence-corrected chi connectivity index (χ4v) is 2.73. The summed E-state index contributed by atoms with van der Waals surface area (Å²) >= 11 is 12.1. The lowest BCUT2D eigenvalue weighted by molar-refractivity contribution is -0.129. The Balaban J connectivity index is 1.96. The number of carbonyl (C=O) groups excluding carboxylic acids is 2. The largest absolute Gasteiger partial charge is 0.338 e.